The monoisotopic (exact) mass is 609 g/mol. The number of imide groups is 1. The lowest BCUT2D eigenvalue weighted by Crippen LogP contribution is -2.36. The summed E-state index contributed by atoms with van der Waals surface area (Å²) in [6.07, 6.45) is 1.17. The number of alkyl carbamates (subject to hydrolysis) is 1. The molecule has 0 bridgehead atoms. The van der Waals surface area contributed by atoms with E-state index in [0.717, 1.165) is 0 Å². The van der Waals surface area contributed by atoms with Crippen molar-refractivity contribution in [2.24, 2.45) is 0 Å². The minimum Gasteiger partial charge on any atom is -0.491 e. The van der Waals surface area contributed by atoms with E-state index in [1.165, 1.54) is 6.08 Å². The van der Waals surface area contributed by atoms with E-state index in [2.05, 4.69) is 10.6 Å². The number of ether oxygens (including phenoxy) is 3. The number of amides is 3. The van der Waals surface area contributed by atoms with Gasteiger partial charge in [-0.1, -0.05) is 66.7 Å². The zero-order valence-corrected chi connectivity index (χ0v) is 24.5. The van der Waals surface area contributed by atoms with Gasteiger partial charge < -0.3 is 30.4 Å². The van der Waals surface area contributed by atoms with Gasteiger partial charge in [-0.25, -0.2) is 4.79 Å². The van der Waals surface area contributed by atoms with E-state index in [1.54, 1.807) is 97.1 Å². The summed E-state index contributed by atoms with van der Waals surface area (Å²) in [5, 5.41) is 14.1. The average molecular weight is 610 g/mol. The SMILES string of the molecule is Nc1ccccc1NC(=O)/C=C/CC[C@@H](Oc1ccccc1)[C@H](OC(=O)NC(=O)c1ccccc1)c1ccc(OCCO)cc1. The molecule has 0 aromatic heterocycles. The van der Waals surface area contributed by atoms with Gasteiger partial charge in [0.25, 0.3) is 5.91 Å². The lowest BCUT2D eigenvalue weighted by Gasteiger charge is -2.28. The van der Waals surface area contributed by atoms with Crippen LogP contribution < -0.4 is 25.8 Å². The number of rotatable bonds is 14. The van der Waals surface area contributed by atoms with E-state index in [4.69, 9.17) is 25.1 Å². The molecule has 2 atom stereocenters. The molecule has 0 saturated carbocycles. The van der Waals surface area contributed by atoms with Gasteiger partial charge in [0.2, 0.25) is 5.91 Å². The molecule has 4 rings (SSSR count). The molecule has 3 amide bonds. The summed E-state index contributed by atoms with van der Waals surface area (Å²) in [6, 6.07) is 31.1. The number of aliphatic hydroxyl groups excluding tert-OH is 1. The van der Waals surface area contributed by atoms with Crippen LogP contribution in [0.2, 0.25) is 0 Å². The molecule has 5 N–H and O–H groups in total. The Morgan fingerprint density at radius 3 is 2.18 bits per heavy atom. The first kappa shape index (κ1) is 32.3. The van der Waals surface area contributed by atoms with Gasteiger partial charge in [-0.2, -0.15) is 0 Å². The fraction of sp³-hybridized carbons (Fsp3) is 0.171. The molecular weight excluding hydrogens is 574 g/mol. The number of carbonyl (C=O) groups is 3. The third-order valence-electron chi connectivity index (χ3n) is 6.53. The second kappa shape index (κ2) is 16.9. The van der Waals surface area contributed by atoms with Crippen LogP contribution in [0, 0.1) is 0 Å². The number of allylic oxidation sites excluding steroid dienone is 1. The van der Waals surface area contributed by atoms with Crippen LogP contribution in [-0.2, 0) is 9.53 Å². The minimum atomic E-state index is -0.966. The number of nitrogen functional groups attached to an aromatic ring is 1. The van der Waals surface area contributed by atoms with Crippen LogP contribution in [0.15, 0.2) is 121 Å². The number of carbonyl (C=O) groups excluding carboxylic acids is 3. The Kier molecular flexibility index (Phi) is 12.1. The number of hydrogen-bond donors (Lipinski definition) is 4. The Balaban J connectivity index is 1.54. The second-order valence-corrected chi connectivity index (χ2v) is 9.81. The predicted octanol–water partition coefficient (Wildman–Crippen LogP) is 5.67. The van der Waals surface area contributed by atoms with Crippen LogP contribution in [0.25, 0.3) is 0 Å². The van der Waals surface area contributed by atoms with Gasteiger partial charge in [-0.15, -0.1) is 0 Å². The van der Waals surface area contributed by atoms with Gasteiger partial charge in [0.05, 0.1) is 18.0 Å². The number of nitrogens with two attached hydrogens (primary N) is 1. The molecule has 0 aliphatic carbocycles. The van der Waals surface area contributed by atoms with Crippen LogP contribution in [0.4, 0.5) is 16.2 Å². The summed E-state index contributed by atoms with van der Waals surface area (Å²) >= 11 is 0. The molecule has 4 aromatic carbocycles. The molecule has 232 valence electrons. The number of nitrogens with one attached hydrogen (secondary N) is 2. The first-order valence-electron chi connectivity index (χ1n) is 14.4. The molecule has 0 spiro atoms. The topological polar surface area (TPSA) is 149 Å². The van der Waals surface area contributed by atoms with Crippen LogP contribution in [-0.4, -0.2) is 42.3 Å². The fourth-order valence-electron chi connectivity index (χ4n) is 4.36. The van der Waals surface area contributed by atoms with E-state index in [9.17, 15) is 14.4 Å². The Morgan fingerprint density at radius 2 is 1.49 bits per heavy atom. The molecule has 0 unspecified atom stereocenters. The van der Waals surface area contributed by atoms with E-state index in [-0.39, 0.29) is 19.1 Å². The van der Waals surface area contributed by atoms with Crippen LogP contribution in [0.1, 0.15) is 34.9 Å². The van der Waals surface area contributed by atoms with Crippen molar-refractivity contribution in [3.05, 3.63) is 132 Å². The Morgan fingerprint density at radius 1 is 0.822 bits per heavy atom. The first-order chi connectivity index (χ1) is 21.9. The van der Waals surface area contributed by atoms with Crippen molar-refractivity contribution in [3.8, 4) is 11.5 Å². The van der Waals surface area contributed by atoms with Crippen molar-refractivity contribution < 1.29 is 33.7 Å². The second-order valence-electron chi connectivity index (χ2n) is 9.81. The number of hydrogen-bond acceptors (Lipinski definition) is 8. The number of para-hydroxylation sites is 3. The standard InChI is InChI=1S/C35H35N3O7/c36-29-15-7-8-16-30(29)37-32(40)18-10-9-17-31(44-28-13-5-2-6-14-28)33(25-19-21-27(22-20-25)43-24-23-39)45-35(42)38-34(41)26-11-3-1-4-12-26/h1-8,10-16,18-22,31,33,39H,9,17,23-24,36H2,(H,37,40)(H,38,41,42)/b18-10+/t31-,33-/m1/s1. The van der Waals surface area contributed by atoms with E-state index in [1.807, 2.05) is 18.2 Å². The number of aliphatic hydroxyl groups is 1. The van der Waals surface area contributed by atoms with Crippen LogP contribution >= 0.6 is 0 Å². The zero-order valence-electron chi connectivity index (χ0n) is 24.5. The molecule has 10 nitrogen and oxygen atoms in total. The summed E-state index contributed by atoms with van der Waals surface area (Å²) in [6.45, 7) is -0.0137. The quantitative estimate of drug-likeness (QED) is 0.106. The summed E-state index contributed by atoms with van der Waals surface area (Å²) in [4.78, 5) is 38.2. The maximum Gasteiger partial charge on any atom is 0.414 e. The average Bonchev–Trinajstić information content (AvgIpc) is 3.06. The highest BCUT2D eigenvalue weighted by atomic mass is 16.6. The van der Waals surface area contributed by atoms with Crippen LogP contribution in [0.5, 0.6) is 11.5 Å². The molecule has 0 saturated heterocycles. The Hall–Kier alpha value is -5.61. The van der Waals surface area contributed by atoms with Crippen molar-refractivity contribution >= 4 is 29.3 Å². The lowest BCUT2D eigenvalue weighted by atomic mass is 10.00. The molecule has 10 heteroatoms. The summed E-state index contributed by atoms with van der Waals surface area (Å²) < 4.78 is 17.7. The van der Waals surface area contributed by atoms with Gasteiger partial charge in [0, 0.05) is 5.56 Å². The van der Waals surface area contributed by atoms with Gasteiger partial charge >= 0.3 is 6.09 Å². The highest BCUT2D eigenvalue weighted by Crippen LogP contribution is 2.30. The van der Waals surface area contributed by atoms with Gasteiger partial charge in [-0.3, -0.25) is 14.9 Å². The van der Waals surface area contributed by atoms with Crippen LogP contribution in [0.3, 0.4) is 0 Å². The Bertz CT molecular complexity index is 1560. The number of anilines is 2. The van der Waals surface area contributed by atoms with Gasteiger partial charge in [-0.05, 0) is 73.0 Å². The highest BCUT2D eigenvalue weighted by Gasteiger charge is 2.29. The fourth-order valence-corrected chi connectivity index (χ4v) is 4.36. The smallest absolute Gasteiger partial charge is 0.414 e. The molecule has 45 heavy (non-hydrogen) atoms. The summed E-state index contributed by atoms with van der Waals surface area (Å²) in [5.41, 5.74) is 7.76. The highest BCUT2D eigenvalue weighted by molar-refractivity contribution is 6.03. The lowest BCUT2D eigenvalue weighted by molar-refractivity contribution is -0.111. The van der Waals surface area contributed by atoms with Crippen molar-refractivity contribution in [1.82, 2.24) is 5.32 Å². The maximum atomic E-state index is 13.1. The van der Waals surface area contributed by atoms with Crippen molar-refractivity contribution in [1.29, 1.82) is 0 Å². The van der Waals surface area contributed by atoms with E-state index >= 15 is 0 Å². The molecule has 4 aromatic rings. The molecule has 0 aliphatic rings. The normalized spacial score (nSPS) is 12.1. The van der Waals surface area contributed by atoms with Crippen molar-refractivity contribution in [2.75, 3.05) is 24.3 Å². The van der Waals surface area contributed by atoms with Crippen molar-refractivity contribution in [2.45, 2.75) is 25.0 Å². The Labute approximate surface area is 261 Å². The minimum absolute atomic E-state index is 0.125. The molecule has 0 radical (unpaired) electrons. The summed E-state index contributed by atoms with van der Waals surface area (Å²) in [7, 11) is 0. The number of benzene rings is 4. The third-order valence-corrected chi connectivity index (χ3v) is 6.53. The zero-order chi connectivity index (χ0) is 31.9. The van der Waals surface area contributed by atoms with Crippen molar-refractivity contribution in [3.63, 3.8) is 0 Å². The van der Waals surface area contributed by atoms with E-state index in [0.29, 0.717) is 46.8 Å². The molecule has 0 heterocycles. The predicted molar refractivity (Wildman–Crippen MR) is 171 cm³/mol. The van der Waals surface area contributed by atoms with Gasteiger partial charge in [0.15, 0.2) is 6.10 Å². The molecular formula is C35H35N3O7. The first-order valence-corrected chi connectivity index (χ1v) is 14.4. The molecule has 0 aliphatic heterocycles. The summed E-state index contributed by atoms with van der Waals surface area (Å²) in [5.74, 6) is 0.101. The molecule has 0 fully saturated rings. The maximum absolute atomic E-state index is 13.1. The van der Waals surface area contributed by atoms with Gasteiger partial charge in [0.1, 0.15) is 24.2 Å². The largest absolute Gasteiger partial charge is 0.491 e. The van der Waals surface area contributed by atoms with E-state index < -0.39 is 24.2 Å². The third kappa shape index (κ3) is 10.3.